The van der Waals surface area contributed by atoms with Crippen LogP contribution in [-0.2, 0) is 10.3 Å². The molecule has 0 spiro atoms. The van der Waals surface area contributed by atoms with Gasteiger partial charge in [-0.15, -0.1) is 11.3 Å². The van der Waals surface area contributed by atoms with Crippen molar-refractivity contribution in [2.24, 2.45) is 0 Å². The van der Waals surface area contributed by atoms with Crippen molar-refractivity contribution in [3.05, 3.63) is 30.3 Å². The third-order valence-electron chi connectivity index (χ3n) is 3.68. The Morgan fingerprint density at radius 2 is 2.16 bits per heavy atom. The average Bonchev–Trinajstić information content (AvgIpc) is 3.12. The predicted octanol–water partition coefficient (Wildman–Crippen LogP) is 1.42. The Bertz CT molecular complexity index is 544. The summed E-state index contributed by atoms with van der Waals surface area (Å²) in [6, 6.07) is 0. The van der Waals surface area contributed by atoms with E-state index in [9.17, 15) is 9.90 Å². The van der Waals surface area contributed by atoms with Crippen molar-refractivity contribution in [3.8, 4) is 0 Å². The van der Waals surface area contributed by atoms with Crippen LogP contribution in [0.4, 0.5) is 5.13 Å². The molecule has 3 heterocycles. The van der Waals surface area contributed by atoms with Crippen LogP contribution in [0.25, 0.3) is 0 Å². The highest BCUT2D eigenvalue weighted by Gasteiger charge is 2.43. The Labute approximate surface area is 114 Å². The highest BCUT2D eigenvalue weighted by atomic mass is 32.1. The number of nitrogens with zero attached hydrogens (tertiary/aromatic N) is 4. The third-order valence-corrected chi connectivity index (χ3v) is 4.51. The van der Waals surface area contributed by atoms with Crippen LogP contribution in [-0.4, -0.2) is 38.7 Å². The minimum Gasteiger partial charge on any atom is -0.479 e. The molecule has 6 nitrogen and oxygen atoms in total. The van der Waals surface area contributed by atoms with Gasteiger partial charge in [0.25, 0.3) is 0 Å². The van der Waals surface area contributed by atoms with E-state index >= 15 is 0 Å². The molecule has 2 aromatic rings. The second-order valence-corrected chi connectivity index (χ2v) is 5.48. The molecule has 1 aliphatic heterocycles. The average molecular weight is 278 g/mol. The number of aromatic nitrogens is 3. The number of carboxylic acid groups (broad SMARTS) is 1. The van der Waals surface area contributed by atoms with Crippen molar-refractivity contribution in [2.45, 2.75) is 18.4 Å². The zero-order valence-corrected chi connectivity index (χ0v) is 11.1. The summed E-state index contributed by atoms with van der Waals surface area (Å²) in [5.41, 5.74) is -0.871. The quantitative estimate of drug-likeness (QED) is 0.919. The van der Waals surface area contributed by atoms with Crippen molar-refractivity contribution in [2.75, 3.05) is 18.0 Å². The molecular formula is C12H14N4O2S. The normalized spacial score (nSPS) is 18.4. The number of rotatable bonds is 3. The van der Waals surface area contributed by atoms with Crippen LogP contribution >= 0.6 is 11.3 Å². The summed E-state index contributed by atoms with van der Waals surface area (Å²) in [5.74, 6) is -0.788. The summed E-state index contributed by atoms with van der Waals surface area (Å²) in [6.07, 6.45) is 7.82. The molecule has 19 heavy (non-hydrogen) atoms. The number of imidazole rings is 1. The van der Waals surface area contributed by atoms with Crippen LogP contribution in [0.2, 0.25) is 0 Å². The van der Waals surface area contributed by atoms with E-state index in [4.69, 9.17) is 0 Å². The van der Waals surface area contributed by atoms with E-state index in [0.29, 0.717) is 25.9 Å². The van der Waals surface area contributed by atoms with Crippen molar-refractivity contribution >= 4 is 22.4 Å². The number of anilines is 1. The van der Waals surface area contributed by atoms with E-state index in [0.717, 1.165) is 5.13 Å². The molecule has 0 amide bonds. The van der Waals surface area contributed by atoms with Gasteiger partial charge in [-0.1, -0.05) is 0 Å². The Kier molecular flexibility index (Phi) is 2.98. The molecule has 0 atom stereocenters. The van der Waals surface area contributed by atoms with Crippen molar-refractivity contribution in [1.82, 2.24) is 14.5 Å². The summed E-state index contributed by atoms with van der Waals surface area (Å²) in [7, 11) is 0. The highest BCUT2D eigenvalue weighted by Crippen LogP contribution is 2.33. The first-order valence-corrected chi connectivity index (χ1v) is 6.97. The topological polar surface area (TPSA) is 71.2 Å². The Morgan fingerprint density at radius 1 is 1.37 bits per heavy atom. The lowest BCUT2D eigenvalue weighted by Gasteiger charge is -2.39. The fourth-order valence-corrected chi connectivity index (χ4v) is 3.23. The van der Waals surface area contributed by atoms with Gasteiger partial charge in [0, 0.05) is 37.1 Å². The summed E-state index contributed by atoms with van der Waals surface area (Å²) in [6.45, 7) is 1.38. The summed E-state index contributed by atoms with van der Waals surface area (Å²) >= 11 is 1.58. The highest BCUT2D eigenvalue weighted by molar-refractivity contribution is 7.13. The fraction of sp³-hybridized carbons (Fsp3) is 0.417. The van der Waals surface area contributed by atoms with Crippen LogP contribution in [0.1, 0.15) is 12.8 Å². The Morgan fingerprint density at radius 3 is 2.68 bits per heavy atom. The summed E-state index contributed by atoms with van der Waals surface area (Å²) < 4.78 is 1.72. The van der Waals surface area contributed by atoms with Gasteiger partial charge in [0.15, 0.2) is 5.13 Å². The van der Waals surface area contributed by atoms with E-state index < -0.39 is 11.5 Å². The molecule has 0 bridgehead atoms. The monoisotopic (exact) mass is 278 g/mol. The molecule has 7 heteroatoms. The smallest absolute Gasteiger partial charge is 0.330 e. The Hall–Kier alpha value is -1.89. The Balaban J connectivity index is 1.82. The first kappa shape index (κ1) is 12.2. The van der Waals surface area contributed by atoms with E-state index in [1.54, 1.807) is 40.8 Å². The molecular weight excluding hydrogens is 264 g/mol. The van der Waals surface area contributed by atoms with Crippen molar-refractivity contribution in [3.63, 3.8) is 0 Å². The number of thiazole rings is 1. The molecule has 100 valence electrons. The van der Waals surface area contributed by atoms with Crippen LogP contribution < -0.4 is 4.90 Å². The van der Waals surface area contributed by atoms with Gasteiger partial charge in [-0.3, -0.25) is 0 Å². The summed E-state index contributed by atoms with van der Waals surface area (Å²) in [4.78, 5) is 22.1. The maximum Gasteiger partial charge on any atom is 0.330 e. The standard InChI is InChI=1S/C12H14N4O2S/c17-10(18)12(16-7-3-13-9-16)1-5-15(6-2-12)11-14-4-8-19-11/h3-4,7-9H,1-2,5-6H2,(H,17,18). The molecule has 3 rings (SSSR count). The number of hydrogen-bond acceptors (Lipinski definition) is 5. The van der Waals surface area contributed by atoms with Gasteiger partial charge < -0.3 is 14.6 Å². The number of carboxylic acids is 1. The SMILES string of the molecule is O=C(O)C1(n2ccnc2)CCN(c2nccs2)CC1. The molecule has 1 saturated heterocycles. The number of aliphatic carboxylic acids is 1. The maximum absolute atomic E-state index is 11.7. The number of hydrogen-bond donors (Lipinski definition) is 1. The first-order chi connectivity index (χ1) is 9.22. The molecule has 1 N–H and O–H groups in total. The van der Waals surface area contributed by atoms with E-state index in [1.165, 1.54) is 0 Å². The molecule has 1 fully saturated rings. The minimum absolute atomic E-state index is 0.554. The second kappa shape index (κ2) is 4.65. The van der Waals surface area contributed by atoms with Gasteiger partial charge >= 0.3 is 5.97 Å². The fourth-order valence-electron chi connectivity index (χ4n) is 2.53. The lowest BCUT2D eigenvalue weighted by Crippen LogP contribution is -2.50. The zero-order valence-electron chi connectivity index (χ0n) is 10.3. The van der Waals surface area contributed by atoms with E-state index in [1.807, 2.05) is 5.38 Å². The first-order valence-electron chi connectivity index (χ1n) is 6.09. The molecule has 1 aliphatic rings. The van der Waals surface area contributed by atoms with Gasteiger partial charge in [0.05, 0.1) is 6.33 Å². The lowest BCUT2D eigenvalue weighted by atomic mass is 9.87. The van der Waals surface area contributed by atoms with Gasteiger partial charge in [0.1, 0.15) is 5.54 Å². The molecule has 0 saturated carbocycles. The lowest BCUT2D eigenvalue weighted by molar-refractivity contribution is -0.148. The van der Waals surface area contributed by atoms with Crippen LogP contribution in [0.5, 0.6) is 0 Å². The van der Waals surface area contributed by atoms with E-state index in [-0.39, 0.29) is 0 Å². The van der Waals surface area contributed by atoms with Gasteiger partial charge in [-0.05, 0) is 12.8 Å². The van der Waals surface area contributed by atoms with E-state index in [2.05, 4.69) is 14.9 Å². The zero-order chi connectivity index (χ0) is 13.3. The van der Waals surface area contributed by atoms with Crippen molar-refractivity contribution < 1.29 is 9.90 Å². The maximum atomic E-state index is 11.7. The van der Waals surface area contributed by atoms with Crippen LogP contribution in [0.15, 0.2) is 30.3 Å². The molecule has 0 aromatic carbocycles. The largest absolute Gasteiger partial charge is 0.479 e. The number of carbonyl (C=O) groups is 1. The van der Waals surface area contributed by atoms with Gasteiger partial charge in [-0.2, -0.15) is 0 Å². The second-order valence-electron chi connectivity index (χ2n) is 4.61. The molecule has 0 aliphatic carbocycles. The van der Waals surface area contributed by atoms with Crippen LogP contribution in [0, 0.1) is 0 Å². The summed E-state index contributed by atoms with van der Waals surface area (Å²) in [5, 5.41) is 12.5. The molecule has 0 radical (unpaired) electrons. The van der Waals surface area contributed by atoms with Crippen molar-refractivity contribution in [1.29, 1.82) is 0 Å². The number of piperidine rings is 1. The molecule has 2 aromatic heterocycles. The van der Waals surface area contributed by atoms with Gasteiger partial charge in [0.2, 0.25) is 0 Å². The minimum atomic E-state index is -0.871. The molecule has 0 unspecified atom stereocenters. The van der Waals surface area contributed by atoms with Gasteiger partial charge in [-0.25, -0.2) is 14.8 Å². The van der Waals surface area contributed by atoms with Crippen LogP contribution in [0.3, 0.4) is 0 Å². The predicted molar refractivity (Wildman–Crippen MR) is 71.4 cm³/mol. The third kappa shape index (κ3) is 1.99.